The summed E-state index contributed by atoms with van der Waals surface area (Å²) in [6, 6.07) is 7.85. The number of carbonyl (C=O) groups is 1. The molecule has 20 heavy (non-hydrogen) atoms. The van der Waals surface area contributed by atoms with Crippen molar-refractivity contribution in [3.8, 4) is 5.75 Å². The third kappa shape index (κ3) is 3.67. The lowest BCUT2D eigenvalue weighted by molar-refractivity contribution is -0.133. The molecule has 1 N–H and O–H groups in total. The molecule has 5 heteroatoms. The Morgan fingerprint density at radius 3 is 2.70 bits per heavy atom. The monoisotopic (exact) mass is 294 g/mol. The van der Waals surface area contributed by atoms with Crippen molar-refractivity contribution in [3.05, 3.63) is 24.3 Å². The van der Waals surface area contributed by atoms with Crippen molar-refractivity contribution in [3.63, 3.8) is 0 Å². The topological polar surface area (TPSA) is 41.6 Å². The maximum absolute atomic E-state index is 12.6. The summed E-state index contributed by atoms with van der Waals surface area (Å²) in [5.74, 6) is 1.02. The first-order valence-corrected chi connectivity index (χ1v) is 7.68. The lowest BCUT2D eigenvalue weighted by Gasteiger charge is -2.34. The molecule has 0 spiro atoms. The zero-order valence-electron chi connectivity index (χ0n) is 12.3. The minimum atomic E-state index is -0.469. The highest BCUT2D eigenvalue weighted by Gasteiger charge is 2.33. The summed E-state index contributed by atoms with van der Waals surface area (Å²) in [6.07, 6.45) is 0. The predicted octanol–water partition coefficient (Wildman–Crippen LogP) is 2.00. The van der Waals surface area contributed by atoms with Crippen LogP contribution in [0.1, 0.15) is 13.8 Å². The third-order valence-electron chi connectivity index (χ3n) is 3.33. The van der Waals surface area contributed by atoms with Crippen molar-refractivity contribution in [2.24, 2.45) is 0 Å². The lowest BCUT2D eigenvalue weighted by Crippen LogP contribution is -2.51. The number of methoxy groups -OCH3 is 1. The molecule has 1 amide bonds. The van der Waals surface area contributed by atoms with Crippen molar-refractivity contribution in [1.82, 2.24) is 10.2 Å². The van der Waals surface area contributed by atoms with Crippen molar-refractivity contribution >= 4 is 17.7 Å². The molecule has 1 aliphatic heterocycles. The molecular formula is C15H22N2O2S. The molecule has 0 aliphatic carbocycles. The molecule has 0 atom stereocenters. The predicted molar refractivity (Wildman–Crippen MR) is 82.4 cm³/mol. The zero-order valence-corrected chi connectivity index (χ0v) is 13.1. The van der Waals surface area contributed by atoms with E-state index >= 15 is 0 Å². The highest BCUT2D eigenvalue weighted by atomic mass is 32.2. The summed E-state index contributed by atoms with van der Waals surface area (Å²) in [5.41, 5.74) is 0. The highest BCUT2D eigenvalue weighted by molar-refractivity contribution is 8.01. The number of thioether (sulfide) groups is 1. The summed E-state index contributed by atoms with van der Waals surface area (Å²) < 4.78 is 4.76. The van der Waals surface area contributed by atoms with E-state index in [1.807, 2.05) is 43.0 Å². The van der Waals surface area contributed by atoms with Gasteiger partial charge in [0.25, 0.3) is 0 Å². The second-order valence-electron chi connectivity index (χ2n) is 5.33. The van der Waals surface area contributed by atoms with E-state index < -0.39 is 4.75 Å². The first kappa shape index (κ1) is 15.2. The summed E-state index contributed by atoms with van der Waals surface area (Å²) in [4.78, 5) is 15.6. The normalized spacial score (nSPS) is 16.1. The number of ether oxygens (including phenoxy) is 1. The standard InChI is InChI=1S/C15H22N2O2S/c1-15(2,14(18)17-9-7-16-8-10-17)20-13-6-4-5-12(11-13)19-3/h4-6,11,16H,7-10H2,1-3H3. The van der Waals surface area contributed by atoms with Gasteiger partial charge in [-0.05, 0) is 32.0 Å². The van der Waals surface area contributed by atoms with Gasteiger partial charge in [-0.25, -0.2) is 0 Å². The van der Waals surface area contributed by atoms with E-state index in [9.17, 15) is 4.79 Å². The molecule has 0 radical (unpaired) electrons. The molecule has 0 aromatic heterocycles. The van der Waals surface area contributed by atoms with Gasteiger partial charge in [0.1, 0.15) is 5.75 Å². The first-order valence-electron chi connectivity index (χ1n) is 6.86. The molecule has 1 saturated heterocycles. The Balaban J connectivity index is 2.06. The van der Waals surface area contributed by atoms with E-state index in [-0.39, 0.29) is 5.91 Å². The van der Waals surface area contributed by atoms with Gasteiger partial charge >= 0.3 is 0 Å². The number of nitrogens with one attached hydrogen (secondary N) is 1. The van der Waals surface area contributed by atoms with Gasteiger partial charge in [-0.15, -0.1) is 11.8 Å². The zero-order chi connectivity index (χ0) is 14.6. The number of benzene rings is 1. The lowest BCUT2D eigenvalue weighted by atomic mass is 10.1. The Kier molecular flexibility index (Phi) is 4.94. The Morgan fingerprint density at radius 2 is 2.05 bits per heavy atom. The van der Waals surface area contributed by atoms with Crippen LogP contribution in [0.3, 0.4) is 0 Å². The Hall–Kier alpha value is -1.20. The highest BCUT2D eigenvalue weighted by Crippen LogP contribution is 2.35. The van der Waals surface area contributed by atoms with E-state index in [1.165, 1.54) is 0 Å². The van der Waals surface area contributed by atoms with Crippen LogP contribution in [-0.2, 0) is 4.79 Å². The van der Waals surface area contributed by atoms with Crippen LogP contribution < -0.4 is 10.1 Å². The fourth-order valence-corrected chi connectivity index (χ4v) is 3.38. The van der Waals surface area contributed by atoms with Crippen LogP contribution in [-0.4, -0.2) is 48.8 Å². The Labute approximate surface area is 124 Å². The summed E-state index contributed by atoms with van der Waals surface area (Å²) in [5, 5.41) is 3.27. The number of amides is 1. The van der Waals surface area contributed by atoms with E-state index in [4.69, 9.17) is 4.74 Å². The molecule has 4 nitrogen and oxygen atoms in total. The van der Waals surface area contributed by atoms with E-state index in [2.05, 4.69) is 5.32 Å². The number of piperazine rings is 1. The van der Waals surface area contributed by atoms with Gasteiger partial charge in [-0.2, -0.15) is 0 Å². The van der Waals surface area contributed by atoms with Crippen molar-refractivity contribution in [1.29, 1.82) is 0 Å². The minimum Gasteiger partial charge on any atom is -0.497 e. The summed E-state index contributed by atoms with van der Waals surface area (Å²) >= 11 is 1.59. The molecular weight excluding hydrogens is 272 g/mol. The maximum atomic E-state index is 12.6. The summed E-state index contributed by atoms with van der Waals surface area (Å²) in [6.45, 7) is 7.32. The van der Waals surface area contributed by atoms with Crippen molar-refractivity contribution in [2.45, 2.75) is 23.5 Å². The average Bonchev–Trinajstić information content (AvgIpc) is 2.47. The van der Waals surface area contributed by atoms with Gasteiger partial charge in [-0.1, -0.05) is 6.07 Å². The van der Waals surface area contributed by atoms with Crippen LogP contribution in [0.4, 0.5) is 0 Å². The van der Waals surface area contributed by atoms with Gasteiger partial charge in [-0.3, -0.25) is 4.79 Å². The van der Waals surface area contributed by atoms with Gasteiger partial charge in [0, 0.05) is 31.1 Å². The van der Waals surface area contributed by atoms with Crippen molar-refractivity contribution in [2.75, 3.05) is 33.3 Å². The molecule has 0 saturated carbocycles. The quantitative estimate of drug-likeness (QED) is 0.863. The Bertz CT molecular complexity index is 471. The molecule has 1 fully saturated rings. The smallest absolute Gasteiger partial charge is 0.238 e. The van der Waals surface area contributed by atoms with Crippen LogP contribution in [0, 0.1) is 0 Å². The Morgan fingerprint density at radius 1 is 1.35 bits per heavy atom. The van der Waals surface area contributed by atoms with Crippen LogP contribution >= 0.6 is 11.8 Å². The minimum absolute atomic E-state index is 0.201. The van der Waals surface area contributed by atoms with Crippen molar-refractivity contribution < 1.29 is 9.53 Å². The van der Waals surface area contributed by atoms with Gasteiger partial charge in [0.15, 0.2) is 0 Å². The first-order chi connectivity index (χ1) is 9.53. The fourth-order valence-electron chi connectivity index (χ4n) is 2.25. The maximum Gasteiger partial charge on any atom is 0.238 e. The van der Waals surface area contributed by atoms with Crippen LogP contribution in [0.15, 0.2) is 29.2 Å². The second-order valence-corrected chi connectivity index (χ2v) is 7.03. The molecule has 0 bridgehead atoms. The molecule has 1 aliphatic rings. The number of hydrogen-bond donors (Lipinski definition) is 1. The van der Waals surface area contributed by atoms with Crippen LogP contribution in [0.2, 0.25) is 0 Å². The third-order valence-corrected chi connectivity index (χ3v) is 4.51. The number of nitrogens with zero attached hydrogens (tertiary/aromatic N) is 1. The molecule has 1 heterocycles. The summed E-state index contributed by atoms with van der Waals surface area (Å²) in [7, 11) is 1.65. The number of carbonyl (C=O) groups excluding carboxylic acids is 1. The number of hydrogen-bond acceptors (Lipinski definition) is 4. The van der Waals surface area contributed by atoms with Gasteiger partial charge in [0.2, 0.25) is 5.91 Å². The SMILES string of the molecule is COc1cccc(SC(C)(C)C(=O)N2CCNCC2)c1. The van der Waals surface area contributed by atoms with Gasteiger partial charge < -0.3 is 15.0 Å². The average molecular weight is 294 g/mol. The molecule has 0 unspecified atom stereocenters. The van der Waals surface area contributed by atoms with Crippen LogP contribution in [0.25, 0.3) is 0 Å². The second kappa shape index (κ2) is 6.50. The molecule has 110 valence electrons. The van der Waals surface area contributed by atoms with E-state index in [0.717, 1.165) is 36.8 Å². The molecule has 2 rings (SSSR count). The largest absolute Gasteiger partial charge is 0.497 e. The fraction of sp³-hybridized carbons (Fsp3) is 0.533. The molecule has 1 aromatic rings. The number of rotatable bonds is 4. The van der Waals surface area contributed by atoms with E-state index in [1.54, 1.807) is 18.9 Å². The van der Waals surface area contributed by atoms with E-state index in [0.29, 0.717) is 0 Å². The van der Waals surface area contributed by atoms with Crippen LogP contribution in [0.5, 0.6) is 5.75 Å². The molecule has 1 aromatic carbocycles. The van der Waals surface area contributed by atoms with Gasteiger partial charge in [0.05, 0.1) is 11.9 Å².